The number of aliphatic hydroxyl groups excluding tert-OH is 4. The van der Waals surface area contributed by atoms with Crippen LogP contribution in [-0.4, -0.2) is 89.6 Å². The zero-order chi connectivity index (χ0) is 49.2. The van der Waals surface area contributed by atoms with E-state index < -0.39 is 43.4 Å². The largest absolute Gasteiger partial charge is 0.457 e. The minimum absolute atomic E-state index is 0.120. The lowest BCUT2D eigenvalue weighted by Gasteiger charge is -2.39. The van der Waals surface area contributed by atoms with Crippen LogP contribution in [0.2, 0.25) is 0 Å². The first-order valence-electron chi connectivity index (χ1n) is 27.0. The van der Waals surface area contributed by atoms with Gasteiger partial charge in [0.15, 0.2) is 6.29 Å². The van der Waals surface area contributed by atoms with E-state index >= 15 is 0 Å². The number of rotatable bonds is 45. The summed E-state index contributed by atoms with van der Waals surface area (Å²) in [6, 6.07) is 0. The van der Waals surface area contributed by atoms with Crippen molar-refractivity contribution < 1.29 is 44.2 Å². The maximum Gasteiger partial charge on any atom is 0.306 e. The summed E-state index contributed by atoms with van der Waals surface area (Å²) in [5, 5.41) is 40.3. The summed E-state index contributed by atoms with van der Waals surface area (Å²) < 4.78 is 22.9. The van der Waals surface area contributed by atoms with Gasteiger partial charge in [-0.05, 0) is 96.3 Å². The van der Waals surface area contributed by atoms with Gasteiger partial charge >= 0.3 is 5.97 Å². The second kappa shape index (κ2) is 48.9. The van der Waals surface area contributed by atoms with Crippen LogP contribution < -0.4 is 0 Å². The summed E-state index contributed by atoms with van der Waals surface area (Å²) in [6.07, 6.45) is 62.7. The smallest absolute Gasteiger partial charge is 0.306 e. The van der Waals surface area contributed by atoms with E-state index in [0.29, 0.717) is 13.0 Å². The van der Waals surface area contributed by atoms with Crippen molar-refractivity contribution in [3.63, 3.8) is 0 Å². The second-order valence-corrected chi connectivity index (χ2v) is 17.9. The molecule has 0 radical (unpaired) electrons. The summed E-state index contributed by atoms with van der Waals surface area (Å²) in [4.78, 5) is 12.9. The maximum atomic E-state index is 12.9. The fourth-order valence-electron chi connectivity index (χ4n) is 7.57. The summed E-state index contributed by atoms with van der Waals surface area (Å²) in [6.45, 7) is 4.26. The van der Waals surface area contributed by atoms with Crippen LogP contribution in [0, 0.1) is 0 Å². The molecule has 0 bridgehead atoms. The quantitative estimate of drug-likeness (QED) is 0.0267. The Balaban J connectivity index is 2.21. The third kappa shape index (κ3) is 38.7. The first kappa shape index (κ1) is 62.9. The van der Waals surface area contributed by atoms with Crippen molar-refractivity contribution in [1.82, 2.24) is 0 Å². The molecule has 0 aromatic rings. The van der Waals surface area contributed by atoms with Crippen LogP contribution in [0.4, 0.5) is 0 Å². The van der Waals surface area contributed by atoms with Crippen LogP contribution in [-0.2, 0) is 23.7 Å². The lowest BCUT2D eigenvalue weighted by Crippen LogP contribution is -2.59. The Morgan fingerprint density at radius 3 is 1.28 bits per heavy atom. The zero-order valence-electron chi connectivity index (χ0n) is 42.8. The molecule has 1 saturated heterocycles. The first-order chi connectivity index (χ1) is 33.4. The van der Waals surface area contributed by atoms with Crippen LogP contribution in [0.1, 0.15) is 194 Å². The van der Waals surface area contributed by atoms with Crippen LogP contribution >= 0.6 is 0 Å². The molecule has 0 aromatic carbocycles. The zero-order valence-corrected chi connectivity index (χ0v) is 42.8. The van der Waals surface area contributed by atoms with Gasteiger partial charge in [0.25, 0.3) is 0 Å². The fourth-order valence-corrected chi connectivity index (χ4v) is 7.57. The lowest BCUT2D eigenvalue weighted by atomic mass is 9.99. The molecule has 6 atom stereocenters. The Kier molecular flexibility index (Phi) is 45.2. The van der Waals surface area contributed by atoms with E-state index in [0.717, 1.165) is 109 Å². The number of carbonyl (C=O) groups is 1. The molecule has 0 spiro atoms. The Bertz CT molecular complexity index is 1410. The predicted molar refractivity (Wildman–Crippen MR) is 283 cm³/mol. The Morgan fingerprint density at radius 1 is 0.471 bits per heavy atom. The topological polar surface area (TPSA) is 135 Å². The standard InChI is InChI=1S/C59H98O9/c1-3-5-7-9-11-13-15-17-19-21-23-25-26-27-28-29-30-32-34-36-38-40-42-44-46-48-55(61)67-53(52-66-59-58(64)57(63)56(62)54(50-60)68-59)51-65-49-47-45-43-41-39-37-35-33-31-24-22-20-18-16-14-12-10-8-6-4-2/h5-8,11-14,17-20,23-25,31,35,37,53-54,56-60,62-64H,3-4,9-10,15-16,21-22,26-30,32-34,36,38-52H2,1-2H3/b7-5-,8-6-,13-11-,14-12-,19-17-,20-18-,25-23-,31-24-,37-35-. The SMILES string of the molecule is CC/C=C\C/C=C\C/C=C\C/C=C\C/C=C\CCCCCCOCC(COC1OC(CO)C(O)C(O)C1O)OC(=O)CCCCCCCCCCCCCC/C=C\C/C=C\C/C=C\C/C=C\CC. The highest BCUT2D eigenvalue weighted by Gasteiger charge is 2.44. The highest BCUT2D eigenvalue weighted by molar-refractivity contribution is 5.69. The first-order valence-corrected chi connectivity index (χ1v) is 27.0. The van der Waals surface area contributed by atoms with E-state index in [1.54, 1.807) is 0 Å². The molecule has 0 saturated carbocycles. The average Bonchev–Trinajstić information content (AvgIpc) is 3.34. The fraction of sp³-hybridized carbons (Fsp3) is 0.678. The molecule has 1 rings (SSSR count). The minimum atomic E-state index is -1.55. The van der Waals surface area contributed by atoms with Crippen LogP contribution in [0.3, 0.4) is 0 Å². The van der Waals surface area contributed by atoms with Crippen molar-refractivity contribution in [2.45, 2.75) is 230 Å². The van der Waals surface area contributed by atoms with Crippen LogP contribution in [0.5, 0.6) is 0 Å². The van der Waals surface area contributed by atoms with Crippen molar-refractivity contribution in [2.24, 2.45) is 0 Å². The monoisotopic (exact) mass is 951 g/mol. The average molecular weight is 951 g/mol. The molecule has 1 fully saturated rings. The molecule has 388 valence electrons. The third-order valence-electron chi connectivity index (χ3n) is 11.7. The predicted octanol–water partition coefficient (Wildman–Crippen LogP) is 13.7. The maximum absolute atomic E-state index is 12.9. The number of allylic oxidation sites excluding steroid dienone is 18. The molecule has 0 aromatic heterocycles. The molecule has 1 heterocycles. The van der Waals surface area contributed by atoms with Gasteiger partial charge in [0.05, 0.1) is 19.8 Å². The minimum Gasteiger partial charge on any atom is -0.457 e. The number of esters is 1. The number of unbranched alkanes of at least 4 members (excludes halogenated alkanes) is 16. The van der Waals surface area contributed by atoms with E-state index in [-0.39, 0.29) is 19.2 Å². The van der Waals surface area contributed by atoms with Gasteiger partial charge in [0.2, 0.25) is 0 Å². The second-order valence-electron chi connectivity index (χ2n) is 17.9. The van der Waals surface area contributed by atoms with Gasteiger partial charge in [-0.2, -0.15) is 0 Å². The van der Waals surface area contributed by atoms with Gasteiger partial charge in [-0.1, -0.05) is 200 Å². The molecule has 0 aliphatic carbocycles. The summed E-state index contributed by atoms with van der Waals surface area (Å²) in [5.74, 6) is -0.329. The molecule has 9 nitrogen and oxygen atoms in total. The van der Waals surface area contributed by atoms with Crippen molar-refractivity contribution in [2.75, 3.05) is 26.4 Å². The van der Waals surface area contributed by atoms with E-state index in [9.17, 15) is 25.2 Å². The molecule has 9 heteroatoms. The molecule has 4 N–H and O–H groups in total. The molecule has 68 heavy (non-hydrogen) atoms. The van der Waals surface area contributed by atoms with Gasteiger partial charge in [0, 0.05) is 13.0 Å². The number of aliphatic hydroxyl groups is 4. The number of ether oxygens (including phenoxy) is 4. The highest BCUT2D eigenvalue weighted by Crippen LogP contribution is 2.23. The molecule has 0 amide bonds. The van der Waals surface area contributed by atoms with Gasteiger partial charge in [-0.15, -0.1) is 0 Å². The molecular weight excluding hydrogens is 853 g/mol. The van der Waals surface area contributed by atoms with Crippen molar-refractivity contribution in [3.05, 3.63) is 109 Å². The van der Waals surface area contributed by atoms with Crippen molar-refractivity contribution in [3.8, 4) is 0 Å². The van der Waals surface area contributed by atoms with Gasteiger partial charge < -0.3 is 39.4 Å². The highest BCUT2D eigenvalue weighted by atomic mass is 16.7. The van der Waals surface area contributed by atoms with Gasteiger partial charge in [0.1, 0.15) is 30.5 Å². The summed E-state index contributed by atoms with van der Waals surface area (Å²) in [5.41, 5.74) is 0. The Hall–Kier alpha value is -3.15. The van der Waals surface area contributed by atoms with E-state index in [2.05, 4.69) is 123 Å². The van der Waals surface area contributed by atoms with E-state index in [4.69, 9.17) is 18.9 Å². The summed E-state index contributed by atoms with van der Waals surface area (Å²) in [7, 11) is 0. The van der Waals surface area contributed by atoms with Crippen LogP contribution in [0.15, 0.2) is 109 Å². The Morgan fingerprint density at radius 2 is 0.853 bits per heavy atom. The normalized spacial score (nSPS) is 20.0. The summed E-state index contributed by atoms with van der Waals surface area (Å²) >= 11 is 0. The lowest BCUT2D eigenvalue weighted by molar-refractivity contribution is -0.305. The molecule has 1 aliphatic rings. The number of hydrogen-bond acceptors (Lipinski definition) is 9. The number of carbonyl (C=O) groups excluding carboxylic acids is 1. The van der Waals surface area contributed by atoms with E-state index in [1.165, 1.54) is 64.2 Å². The van der Waals surface area contributed by atoms with Crippen LogP contribution in [0.25, 0.3) is 0 Å². The Labute approximate surface area is 414 Å². The third-order valence-corrected chi connectivity index (χ3v) is 11.7. The van der Waals surface area contributed by atoms with E-state index in [1.807, 2.05) is 0 Å². The van der Waals surface area contributed by atoms with Crippen molar-refractivity contribution in [1.29, 1.82) is 0 Å². The molecule has 1 aliphatic heterocycles. The molecular formula is C59H98O9. The number of hydrogen-bond donors (Lipinski definition) is 4. The van der Waals surface area contributed by atoms with Crippen molar-refractivity contribution >= 4 is 5.97 Å². The molecule has 6 unspecified atom stereocenters. The van der Waals surface area contributed by atoms with Gasteiger partial charge in [-0.25, -0.2) is 0 Å². The van der Waals surface area contributed by atoms with Gasteiger partial charge in [-0.3, -0.25) is 4.79 Å².